The van der Waals surface area contributed by atoms with Gasteiger partial charge in [0, 0.05) is 12.1 Å². The van der Waals surface area contributed by atoms with Crippen molar-refractivity contribution in [3.8, 4) is 5.75 Å². The molecule has 194 valence electrons. The number of hydrogen-bond donors (Lipinski definition) is 1. The van der Waals surface area contributed by atoms with Gasteiger partial charge < -0.3 is 19.6 Å². The highest BCUT2D eigenvalue weighted by Crippen LogP contribution is 2.40. The predicted molar refractivity (Wildman–Crippen MR) is 144 cm³/mol. The average Bonchev–Trinajstić information content (AvgIpc) is 3.07. The fraction of sp³-hybridized carbons (Fsp3) is 0.467. The normalized spacial score (nSPS) is 17.8. The van der Waals surface area contributed by atoms with Gasteiger partial charge in [-0.1, -0.05) is 52.0 Å². The predicted octanol–water partition coefficient (Wildman–Crippen LogP) is 5.45. The largest absolute Gasteiger partial charge is 0.507 e. The van der Waals surface area contributed by atoms with Crippen LogP contribution in [0.3, 0.4) is 0 Å². The summed E-state index contributed by atoms with van der Waals surface area (Å²) >= 11 is 0. The van der Waals surface area contributed by atoms with Crippen molar-refractivity contribution in [3.05, 3.63) is 70.3 Å². The summed E-state index contributed by atoms with van der Waals surface area (Å²) in [6, 6.07) is 12.7. The molecular formula is C30H40N2O4. The number of nitrogens with zero attached hydrogens (tertiary/aromatic N) is 2. The van der Waals surface area contributed by atoms with E-state index in [1.807, 2.05) is 52.2 Å². The molecule has 3 rings (SSSR count). The van der Waals surface area contributed by atoms with E-state index in [9.17, 15) is 14.7 Å². The minimum atomic E-state index is -0.647. The topological polar surface area (TPSA) is 70.1 Å². The molecule has 0 unspecified atom stereocenters. The zero-order chi connectivity index (χ0) is 26.6. The van der Waals surface area contributed by atoms with E-state index in [1.165, 1.54) is 0 Å². The van der Waals surface area contributed by atoms with Gasteiger partial charge in [0.25, 0.3) is 11.7 Å². The van der Waals surface area contributed by atoms with Gasteiger partial charge in [-0.2, -0.15) is 0 Å². The maximum absolute atomic E-state index is 13.3. The van der Waals surface area contributed by atoms with Gasteiger partial charge in [-0.05, 0) is 80.7 Å². The summed E-state index contributed by atoms with van der Waals surface area (Å²) in [5.41, 5.74) is 3.44. The van der Waals surface area contributed by atoms with Crippen molar-refractivity contribution in [1.29, 1.82) is 0 Å². The van der Waals surface area contributed by atoms with Crippen molar-refractivity contribution in [1.82, 2.24) is 9.80 Å². The number of Topliss-reactive ketones (excluding diaryl/α,β-unsaturated/α-hetero) is 1. The molecule has 0 radical (unpaired) electrons. The molecular weight excluding hydrogens is 452 g/mol. The van der Waals surface area contributed by atoms with Gasteiger partial charge in [-0.15, -0.1) is 0 Å². The maximum Gasteiger partial charge on any atom is 0.295 e. The molecule has 0 saturated carbocycles. The third kappa shape index (κ3) is 5.98. The zero-order valence-electron chi connectivity index (χ0n) is 22.7. The average molecular weight is 493 g/mol. The van der Waals surface area contributed by atoms with Crippen molar-refractivity contribution in [2.75, 3.05) is 33.8 Å². The third-order valence-corrected chi connectivity index (χ3v) is 6.55. The number of ether oxygens (including phenoxy) is 1. The van der Waals surface area contributed by atoms with Crippen LogP contribution in [0.2, 0.25) is 0 Å². The van der Waals surface area contributed by atoms with Crippen LogP contribution in [-0.4, -0.2) is 60.4 Å². The van der Waals surface area contributed by atoms with Gasteiger partial charge in [0.2, 0.25) is 0 Å². The fourth-order valence-corrected chi connectivity index (χ4v) is 4.51. The summed E-state index contributed by atoms with van der Waals surface area (Å²) in [7, 11) is 3.96. The first-order valence-corrected chi connectivity index (χ1v) is 12.7. The first-order chi connectivity index (χ1) is 17.0. The van der Waals surface area contributed by atoms with Crippen LogP contribution in [0.5, 0.6) is 5.75 Å². The van der Waals surface area contributed by atoms with E-state index in [-0.39, 0.29) is 16.7 Å². The van der Waals surface area contributed by atoms with Crippen LogP contribution >= 0.6 is 0 Å². The zero-order valence-corrected chi connectivity index (χ0v) is 22.7. The van der Waals surface area contributed by atoms with Crippen LogP contribution in [0.4, 0.5) is 0 Å². The number of hydrogen-bond acceptors (Lipinski definition) is 5. The second-order valence-corrected chi connectivity index (χ2v) is 10.9. The minimum Gasteiger partial charge on any atom is -0.507 e. The van der Waals surface area contributed by atoms with Crippen LogP contribution in [0.1, 0.15) is 68.8 Å². The van der Waals surface area contributed by atoms with Crippen LogP contribution < -0.4 is 4.74 Å². The molecule has 0 bridgehead atoms. The number of amides is 1. The van der Waals surface area contributed by atoms with E-state index in [0.717, 1.165) is 41.8 Å². The molecule has 1 fully saturated rings. The molecule has 1 heterocycles. The Labute approximate surface area is 215 Å². The van der Waals surface area contributed by atoms with Crippen molar-refractivity contribution in [2.24, 2.45) is 0 Å². The first-order valence-electron chi connectivity index (χ1n) is 12.7. The number of aryl methyl sites for hydroxylation is 1. The van der Waals surface area contributed by atoms with E-state index in [1.54, 1.807) is 23.1 Å². The van der Waals surface area contributed by atoms with Gasteiger partial charge in [0.15, 0.2) is 0 Å². The number of carbonyl (C=O) groups is 2. The number of aliphatic hydroxyl groups is 1. The lowest BCUT2D eigenvalue weighted by Crippen LogP contribution is -2.32. The Morgan fingerprint density at radius 3 is 2.31 bits per heavy atom. The molecule has 0 aromatic heterocycles. The number of benzene rings is 2. The second kappa shape index (κ2) is 11.3. The number of rotatable bonds is 9. The lowest BCUT2D eigenvalue weighted by atomic mass is 9.85. The van der Waals surface area contributed by atoms with Crippen LogP contribution in [0.15, 0.2) is 48.0 Å². The summed E-state index contributed by atoms with van der Waals surface area (Å²) in [4.78, 5) is 30.1. The Bertz CT molecular complexity index is 1130. The van der Waals surface area contributed by atoms with Gasteiger partial charge >= 0.3 is 0 Å². The molecule has 0 spiro atoms. The molecule has 0 aliphatic carbocycles. The molecule has 36 heavy (non-hydrogen) atoms. The summed E-state index contributed by atoms with van der Waals surface area (Å²) in [6.07, 6.45) is 1.62. The highest BCUT2D eigenvalue weighted by Gasteiger charge is 2.45. The van der Waals surface area contributed by atoms with Crippen molar-refractivity contribution in [3.63, 3.8) is 0 Å². The molecule has 1 N–H and O–H groups in total. The maximum atomic E-state index is 13.3. The van der Waals surface area contributed by atoms with E-state index in [0.29, 0.717) is 18.7 Å². The molecule has 2 aromatic rings. The molecule has 1 saturated heterocycles. The van der Waals surface area contributed by atoms with Crippen molar-refractivity contribution < 1.29 is 19.4 Å². The molecule has 1 amide bonds. The lowest BCUT2D eigenvalue weighted by molar-refractivity contribution is -0.139. The van der Waals surface area contributed by atoms with Gasteiger partial charge in [-0.25, -0.2) is 0 Å². The summed E-state index contributed by atoms with van der Waals surface area (Å²) < 4.78 is 5.76. The quantitative estimate of drug-likeness (QED) is 0.286. The first kappa shape index (κ1) is 27.5. The molecule has 1 atom stereocenters. The summed E-state index contributed by atoms with van der Waals surface area (Å²) in [5.74, 6) is -0.628. The lowest BCUT2D eigenvalue weighted by Gasteiger charge is -2.27. The van der Waals surface area contributed by atoms with Crippen molar-refractivity contribution in [2.45, 2.75) is 58.9 Å². The van der Waals surface area contributed by atoms with E-state index < -0.39 is 17.7 Å². The van der Waals surface area contributed by atoms with Crippen LogP contribution in [0, 0.1) is 6.92 Å². The van der Waals surface area contributed by atoms with E-state index in [4.69, 9.17) is 4.74 Å². The Morgan fingerprint density at radius 2 is 1.75 bits per heavy atom. The standard InChI is InChI=1S/C30H40N2O4/c1-8-18-36-24-15-12-22(19-20(24)2)27(33)25-26(21-10-13-23(14-11-21)30(3,4)5)32(29(35)28(25)34)17-9-16-31(6)7/h10-15,19,26,33H,8-9,16-18H2,1-7H3/t26-/m1/s1. The number of likely N-dealkylation sites (tertiary alicyclic amines) is 1. The fourth-order valence-electron chi connectivity index (χ4n) is 4.51. The summed E-state index contributed by atoms with van der Waals surface area (Å²) in [6.45, 7) is 12.2. The molecule has 1 aliphatic heterocycles. The number of aliphatic hydroxyl groups excluding tert-OH is 1. The molecule has 6 nitrogen and oxygen atoms in total. The smallest absolute Gasteiger partial charge is 0.295 e. The number of ketones is 1. The van der Waals surface area contributed by atoms with Gasteiger partial charge in [-0.3, -0.25) is 9.59 Å². The van der Waals surface area contributed by atoms with Crippen LogP contribution in [-0.2, 0) is 15.0 Å². The van der Waals surface area contributed by atoms with E-state index in [2.05, 4.69) is 25.7 Å². The third-order valence-electron chi connectivity index (χ3n) is 6.55. The monoisotopic (exact) mass is 492 g/mol. The molecule has 2 aromatic carbocycles. The molecule has 6 heteroatoms. The SMILES string of the molecule is CCCOc1ccc(C(O)=C2C(=O)C(=O)N(CCCN(C)C)[C@@H]2c2ccc(C(C)(C)C)cc2)cc1C. The number of carbonyl (C=O) groups excluding carboxylic acids is 2. The highest BCUT2D eigenvalue weighted by molar-refractivity contribution is 6.46. The molecule has 1 aliphatic rings. The van der Waals surface area contributed by atoms with Crippen molar-refractivity contribution >= 4 is 17.4 Å². The highest BCUT2D eigenvalue weighted by atomic mass is 16.5. The Kier molecular flexibility index (Phi) is 8.62. The Hall–Kier alpha value is -3.12. The minimum absolute atomic E-state index is 0.0226. The van der Waals surface area contributed by atoms with Gasteiger partial charge in [0.05, 0.1) is 18.2 Å². The van der Waals surface area contributed by atoms with Gasteiger partial charge in [0.1, 0.15) is 11.5 Å². The second-order valence-electron chi connectivity index (χ2n) is 10.9. The van der Waals surface area contributed by atoms with E-state index >= 15 is 0 Å². The Morgan fingerprint density at radius 1 is 1.08 bits per heavy atom. The summed E-state index contributed by atoms with van der Waals surface area (Å²) in [5, 5.41) is 11.4. The van der Waals surface area contributed by atoms with Crippen LogP contribution in [0.25, 0.3) is 5.76 Å². The Balaban J connectivity index is 2.08.